The Morgan fingerprint density at radius 3 is 2.71 bits per heavy atom. The monoisotopic (exact) mass is 291 g/mol. The zero-order valence-corrected chi connectivity index (χ0v) is 12.5. The molecular formula is C15H21N3O3. The van der Waals surface area contributed by atoms with Crippen LogP contribution in [0.4, 0.5) is 5.82 Å². The fourth-order valence-corrected chi connectivity index (χ4v) is 2.43. The number of pyridine rings is 1. The fourth-order valence-electron chi connectivity index (χ4n) is 2.43. The van der Waals surface area contributed by atoms with Gasteiger partial charge in [-0.15, -0.1) is 0 Å². The highest BCUT2D eigenvalue weighted by Gasteiger charge is 2.29. The van der Waals surface area contributed by atoms with Crippen LogP contribution >= 0.6 is 0 Å². The van der Waals surface area contributed by atoms with Crippen molar-refractivity contribution in [2.45, 2.75) is 19.8 Å². The number of esters is 1. The van der Waals surface area contributed by atoms with Crippen molar-refractivity contribution < 1.29 is 14.3 Å². The summed E-state index contributed by atoms with van der Waals surface area (Å²) in [5, 5.41) is 2.92. The third-order valence-electron chi connectivity index (χ3n) is 3.63. The van der Waals surface area contributed by atoms with Gasteiger partial charge in [0.05, 0.1) is 12.5 Å². The molecule has 6 nitrogen and oxygen atoms in total. The van der Waals surface area contributed by atoms with Crippen molar-refractivity contribution in [3.63, 3.8) is 0 Å². The third-order valence-corrected chi connectivity index (χ3v) is 3.63. The second-order valence-corrected chi connectivity index (χ2v) is 4.98. The Kier molecular flexibility index (Phi) is 5.14. The first-order valence-electron chi connectivity index (χ1n) is 7.26. The Hall–Kier alpha value is -2.11. The van der Waals surface area contributed by atoms with Crippen LogP contribution in [-0.4, -0.2) is 48.5 Å². The summed E-state index contributed by atoms with van der Waals surface area (Å²) in [6, 6.07) is 5.32. The second-order valence-electron chi connectivity index (χ2n) is 4.98. The number of piperidine rings is 1. The first-order chi connectivity index (χ1) is 10.2. The Labute approximate surface area is 124 Å². The van der Waals surface area contributed by atoms with E-state index in [4.69, 9.17) is 4.74 Å². The Morgan fingerprint density at radius 2 is 2.10 bits per heavy atom. The van der Waals surface area contributed by atoms with Crippen LogP contribution < -0.4 is 5.32 Å². The molecule has 1 amide bonds. The quantitative estimate of drug-likeness (QED) is 0.852. The molecule has 114 valence electrons. The number of nitrogens with zero attached hydrogens (tertiary/aromatic N) is 2. The number of rotatable bonds is 4. The molecule has 0 radical (unpaired) electrons. The van der Waals surface area contributed by atoms with Crippen molar-refractivity contribution >= 4 is 17.7 Å². The Balaban J connectivity index is 1.95. The van der Waals surface area contributed by atoms with Crippen LogP contribution in [0.3, 0.4) is 0 Å². The maximum atomic E-state index is 12.4. The number of hydrogen-bond acceptors (Lipinski definition) is 5. The molecule has 0 atom stereocenters. The van der Waals surface area contributed by atoms with Gasteiger partial charge in [-0.05, 0) is 31.9 Å². The van der Waals surface area contributed by atoms with Crippen LogP contribution in [0.1, 0.15) is 30.3 Å². The van der Waals surface area contributed by atoms with Gasteiger partial charge in [-0.25, -0.2) is 4.98 Å². The number of carbonyl (C=O) groups excluding carboxylic acids is 2. The predicted octanol–water partition coefficient (Wildman–Crippen LogP) is 1.54. The van der Waals surface area contributed by atoms with E-state index in [1.807, 2.05) is 6.07 Å². The molecule has 0 aliphatic carbocycles. The third kappa shape index (κ3) is 3.71. The number of anilines is 1. The SMILES string of the molecule is CCOC(=O)C1CCN(C(=O)c2cccc(NC)n2)CC1. The molecule has 21 heavy (non-hydrogen) atoms. The maximum Gasteiger partial charge on any atom is 0.309 e. The molecule has 1 aromatic rings. The number of hydrogen-bond donors (Lipinski definition) is 1. The lowest BCUT2D eigenvalue weighted by molar-refractivity contribution is -0.149. The summed E-state index contributed by atoms with van der Waals surface area (Å²) in [5.74, 6) is 0.335. The number of carbonyl (C=O) groups is 2. The normalized spacial score (nSPS) is 15.6. The van der Waals surface area contributed by atoms with Crippen molar-refractivity contribution in [1.82, 2.24) is 9.88 Å². The first-order valence-corrected chi connectivity index (χ1v) is 7.26. The summed E-state index contributed by atoms with van der Waals surface area (Å²) in [5.41, 5.74) is 0.427. The number of nitrogens with one attached hydrogen (secondary N) is 1. The van der Waals surface area contributed by atoms with E-state index in [9.17, 15) is 9.59 Å². The van der Waals surface area contributed by atoms with Gasteiger partial charge in [-0.3, -0.25) is 9.59 Å². The molecule has 1 aliphatic rings. The molecule has 1 aromatic heterocycles. The maximum absolute atomic E-state index is 12.4. The lowest BCUT2D eigenvalue weighted by Gasteiger charge is -2.30. The van der Waals surface area contributed by atoms with Gasteiger partial charge in [0.25, 0.3) is 5.91 Å². The molecule has 0 unspecified atom stereocenters. The van der Waals surface area contributed by atoms with E-state index in [-0.39, 0.29) is 17.8 Å². The van der Waals surface area contributed by atoms with Gasteiger partial charge in [0.2, 0.25) is 0 Å². The van der Waals surface area contributed by atoms with Crippen LogP contribution in [0.25, 0.3) is 0 Å². The van der Waals surface area contributed by atoms with Gasteiger partial charge in [0.15, 0.2) is 0 Å². The van der Waals surface area contributed by atoms with E-state index < -0.39 is 0 Å². The van der Waals surface area contributed by atoms with E-state index in [0.717, 1.165) is 0 Å². The zero-order valence-electron chi connectivity index (χ0n) is 12.5. The number of likely N-dealkylation sites (tertiary alicyclic amines) is 1. The number of amides is 1. The molecule has 1 N–H and O–H groups in total. The lowest BCUT2D eigenvalue weighted by Crippen LogP contribution is -2.41. The van der Waals surface area contributed by atoms with Gasteiger partial charge in [-0.2, -0.15) is 0 Å². The zero-order chi connectivity index (χ0) is 15.2. The van der Waals surface area contributed by atoms with Crippen LogP contribution in [0.2, 0.25) is 0 Å². The summed E-state index contributed by atoms with van der Waals surface area (Å²) in [7, 11) is 1.77. The van der Waals surface area contributed by atoms with E-state index >= 15 is 0 Å². The molecule has 2 rings (SSSR count). The van der Waals surface area contributed by atoms with Crippen LogP contribution in [0, 0.1) is 5.92 Å². The van der Waals surface area contributed by atoms with E-state index in [0.29, 0.717) is 44.0 Å². The predicted molar refractivity (Wildman–Crippen MR) is 79.0 cm³/mol. The minimum atomic E-state index is -0.153. The van der Waals surface area contributed by atoms with E-state index in [1.165, 1.54) is 0 Å². The molecule has 0 bridgehead atoms. The fraction of sp³-hybridized carbons (Fsp3) is 0.533. The van der Waals surface area contributed by atoms with Crippen LogP contribution in [0.15, 0.2) is 18.2 Å². The van der Waals surface area contributed by atoms with Crippen molar-refractivity contribution in [2.75, 3.05) is 32.1 Å². The topological polar surface area (TPSA) is 71.5 Å². The van der Waals surface area contributed by atoms with Crippen molar-refractivity contribution in [2.24, 2.45) is 5.92 Å². The minimum absolute atomic E-state index is 0.0885. The molecule has 1 fully saturated rings. The Bertz CT molecular complexity index is 511. The van der Waals surface area contributed by atoms with Crippen molar-refractivity contribution in [3.8, 4) is 0 Å². The molecule has 1 saturated heterocycles. The Morgan fingerprint density at radius 1 is 1.38 bits per heavy atom. The van der Waals surface area contributed by atoms with E-state index in [1.54, 1.807) is 31.0 Å². The molecular weight excluding hydrogens is 270 g/mol. The van der Waals surface area contributed by atoms with Crippen LogP contribution in [0.5, 0.6) is 0 Å². The summed E-state index contributed by atoms with van der Waals surface area (Å²) < 4.78 is 5.03. The van der Waals surface area contributed by atoms with Gasteiger partial charge >= 0.3 is 5.97 Å². The van der Waals surface area contributed by atoms with Crippen molar-refractivity contribution in [1.29, 1.82) is 0 Å². The minimum Gasteiger partial charge on any atom is -0.466 e. The number of aromatic nitrogens is 1. The molecule has 2 heterocycles. The van der Waals surface area contributed by atoms with E-state index in [2.05, 4.69) is 10.3 Å². The molecule has 0 spiro atoms. The first kappa shape index (κ1) is 15.3. The summed E-state index contributed by atoms with van der Waals surface area (Å²) in [4.78, 5) is 30.1. The highest BCUT2D eigenvalue weighted by Crippen LogP contribution is 2.20. The largest absolute Gasteiger partial charge is 0.466 e. The summed E-state index contributed by atoms with van der Waals surface area (Å²) in [6.45, 7) is 3.33. The van der Waals surface area contributed by atoms with Gasteiger partial charge in [-0.1, -0.05) is 6.07 Å². The molecule has 0 aromatic carbocycles. The number of ether oxygens (including phenoxy) is 1. The lowest BCUT2D eigenvalue weighted by atomic mass is 9.97. The smallest absolute Gasteiger partial charge is 0.309 e. The summed E-state index contributed by atoms with van der Waals surface area (Å²) in [6.07, 6.45) is 1.30. The van der Waals surface area contributed by atoms with Gasteiger partial charge in [0, 0.05) is 20.1 Å². The highest BCUT2D eigenvalue weighted by molar-refractivity contribution is 5.92. The molecule has 0 saturated carbocycles. The molecule has 6 heteroatoms. The van der Waals surface area contributed by atoms with Gasteiger partial charge < -0.3 is 15.0 Å². The van der Waals surface area contributed by atoms with Crippen LogP contribution in [-0.2, 0) is 9.53 Å². The average molecular weight is 291 g/mol. The van der Waals surface area contributed by atoms with Crippen molar-refractivity contribution in [3.05, 3.63) is 23.9 Å². The average Bonchev–Trinajstić information content (AvgIpc) is 2.54. The second kappa shape index (κ2) is 7.06. The summed E-state index contributed by atoms with van der Waals surface area (Å²) >= 11 is 0. The highest BCUT2D eigenvalue weighted by atomic mass is 16.5. The molecule has 1 aliphatic heterocycles. The standard InChI is InChI=1S/C15H21N3O3/c1-3-21-15(20)11-7-9-18(10-8-11)14(19)12-5-4-6-13(16-2)17-12/h4-6,11H,3,7-10H2,1-2H3,(H,16,17). The van der Waals surface area contributed by atoms with Gasteiger partial charge in [0.1, 0.15) is 11.5 Å².